The van der Waals surface area contributed by atoms with E-state index in [0.717, 1.165) is 54.6 Å². The molecule has 0 amide bonds. The molecule has 1 unspecified atom stereocenters. The highest BCUT2D eigenvalue weighted by Crippen LogP contribution is 2.29. The summed E-state index contributed by atoms with van der Waals surface area (Å²) in [7, 11) is 0. The highest BCUT2D eigenvalue weighted by molar-refractivity contribution is 6.33. The molecule has 3 aromatic rings. The Morgan fingerprint density at radius 3 is 2.62 bits per heavy atom. The third-order valence-electron chi connectivity index (χ3n) is 6.26. The molecule has 0 spiro atoms. The number of anilines is 1. The number of aromatic nitrogens is 1. The van der Waals surface area contributed by atoms with Gasteiger partial charge in [0.05, 0.1) is 6.10 Å². The molecule has 0 N–H and O–H groups in total. The smallest absolute Gasteiger partial charge is 0.342 e. The fourth-order valence-corrected chi connectivity index (χ4v) is 4.78. The zero-order chi connectivity index (χ0) is 24.1. The number of likely N-dealkylation sites (N-methyl/N-ethyl adjacent to an activating group) is 1. The summed E-state index contributed by atoms with van der Waals surface area (Å²) in [5.41, 5.74) is 3.99. The van der Waals surface area contributed by atoms with Crippen LogP contribution < -0.4 is 4.90 Å². The minimum atomic E-state index is -0.312. The normalized spacial score (nSPS) is 15.8. The molecule has 1 aromatic heterocycles. The largest absolute Gasteiger partial charge is 0.459 e. The fourth-order valence-electron chi connectivity index (χ4n) is 4.54. The van der Waals surface area contributed by atoms with Crippen molar-refractivity contribution >= 4 is 23.4 Å². The van der Waals surface area contributed by atoms with Gasteiger partial charge in [-0.15, -0.1) is 0 Å². The molecule has 0 saturated carbocycles. The van der Waals surface area contributed by atoms with Gasteiger partial charge in [-0.1, -0.05) is 61.0 Å². The van der Waals surface area contributed by atoms with Crippen LogP contribution in [0.1, 0.15) is 43.1 Å². The molecule has 6 heteroatoms. The Hall–Kier alpha value is -2.89. The van der Waals surface area contributed by atoms with Crippen molar-refractivity contribution in [1.29, 1.82) is 0 Å². The lowest BCUT2D eigenvalue weighted by molar-refractivity contribution is 0.0378. The van der Waals surface area contributed by atoms with Gasteiger partial charge in [0.1, 0.15) is 11.4 Å². The van der Waals surface area contributed by atoms with Crippen LogP contribution in [0.5, 0.6) is 0 Å². The van der Waals surface area contributed by atoms with E-state index in [4.69, 9.17) is 16.3 Å². The van der Waals surface area contributed by atoms with E-state index in [1.165, 1.54) is 5.56 Å². The minimum absolute atomic E-state index is 0.160. The van der Waals surface area contributed by atoms with Gasteiger partial charge in [-0.05, 0) is 56.1 Å². The van der Waals surface area contributed by atoms with E-state index in [9.17, 15) is 4.79 Å². The Kier molecular flexibility index (Phi) is 7.86. The SMILES string of the molecule is CCN(Cc1ccc(-c2ccccc2Cl)cc1)C1CCN(c2ncccc2C(=O)OC(C)C)C1. The number of ether oxygens (including phenoxy) is 1. The molecule has 0 aliphatic carbocycles. The van der Waals surface area contributed by atoms with Crippen molar-refractivity contribution in [3.05, 3.63) is 83.0 Å². The van der Waals surface area contributed by atoms with E-state index in [0.29, 0.717) is 11.6 Å². The number of esters is 1. The number of carbonyl (C=O) groups is 1. The molecule has 34 heavy (non-hydrogen) atoms. The topological polar surface area (TPSA) is 45.7 Å². The molecule has 0 radical (unpaired) electrons. The summed E-state index contributed by atoms with van der Waals surface area (Å²) in [4.78, 5) is 21.8. The van der Waals surface area contributed by atoms with Gasteiger partial charge in [0, 0.05) is 42.5 Å². The molecule has 1 aliphatic heterocycles. The summed E-state index contributed by atoms with van der Waals surface area (Å²) in [6.07, 6.45) is 2.61. The molecule has 1 aliphatic rings. The maximum Gasteiger partial charge on any atom is 0.342 e. The first-order valence-electron chi connectivity index (χ1n) is 11.9. The summed E-state index contributed by atoms with van der Waals surface area (Å²) >= 11 is 6.36. The van der Waals surface area contributed by atoms with Crippen LogP contribution in [0.4, 0.5) is 5.82 Å². The van der Waals surface area contributed by atoms with E-state index in [1.54, 1.807) is 18.3 Å². The molecule has 1 saturated heterocycles. The number of hydrogen-bond donors (Lipinski definition) is 0. The van der Waals surface area contributed by atoms with Crippen molar-refractivity contribution in [1.82, 2.24) is 9.88 Å². The summed E-state index contributed by atoms with van der Waals surface area (Å²) in [6.45, 7) is 9.46. The third-order valence-corrected chi connectivity index (χ3v) is 6.59. The van der Waals surface area contributed by atoms with Crippen LogP contribution >= 0.6 is 11.6 Å². The molecule has 4 rings (SSSR count). The van der Waals surface area contributed by atoms with Crippen molar-refractivity contribution < 1.29 is 9.53 Å². The Morgan fingerprint density at radius 1 is 1.15 bits per heavy atom. The van der Waals surface area contributed by atoms with Gasteiger partial charge in [0.15, 0.2) is 0 Å². The van der Waals surface area contributed by atoms with Gasteiger partial charge in [0.2, 0.25) is 0 Å². The van der Waals surface area contributed by atoms with E-state index in [2.05, 4.69) is 46.0 Å². The van der Waals surface area contributed by atoms with E-state index in [-0.39, 0.29) is 12.1 Å². The maximum atomic E-state index is 12.6. The van der Waals surface area contributed by atoms with E-state index >= 15 is 0 Å². The molecule has 178 valence electrons. The minimum Gasteiger partial charge on any atom is -0.459 e. The Morgan fingerprint density at radius 2 is 1.91 bits per heavy atom. The van der Waals surface area contributed by atoms with Gasteiger partial charge in [0.25, 0.3) is 0 Å². The highest BCUT2D eigenvalue weighted by atomic mass is 35.5. The van der Waals surface area contributed by atoms with Crippen LogP contribution in [0.2, 0.25) is 5.02 Å². The van der Waals surface area contributed by atoms with E-state index in [1.807, 2.05) is 38.1 Å². The van der Waals surface area contributed by atoms with Crippen molar-refractivity contribution in [2.45, 2.75) is 45.9 Å². The molecule has 0 bridgehead atoms. The molecular formula is C28H32ClN3O2. The standard InChI is InChI=1S/C28H32ClN3O2/c1-4-31(18-21-11-13-22(14-12-21)24-8-5-6-10-26(24)29)23-15-17-32(19-23)27-25(9-7-16-30-27)28(33)34-20(2)3/h5-14,16,20,23H,4,15,17-19H2,1-3H3. The third kappa shape index (κ3) is 5.60. The number of rotatable bonds is 8. The van der Waals surface area contributed by atoms with Crippen molar-refractivity contribution in [3.63, 3.8) is 0 Å². The van der Waals surface area contributed by atoms with Crippen molar-refractivity contribution in [3.8, 4) is 11.1 Å². The molecule has 5 nitrogen and oxygen atoms in total. The Labute approximate surface area is 207 Å². The highest BCUT2D eigenvalue weighted by Gasteiger charge is 2.30. The molecule has 1 atom stereocenters. The molecule has 1 fully saturated rings. The predicted octanol–water partition coefficient (Wildman–Crippen LogP) is 6.07. The number of carbonyl (C=O) groups excluding carboxylic acids is 1. The lowest BCUT2D eigenvalue weighted by atomic mass is 10.0. The first-order valence-corrected chi connectivity index (χ1v) is 12.3. The zero-order valence-corrected chi connectivity index (χ0v) is 20.8. The fraction of sp³-hybridized carbons (Fsp3) is 0.357. The van der Waals surface area contributed by atoms with Crippen LogP contribution in [-0.4, -0.2) is 47.6 Å². The van der Waals surface area contributed by atoms with Crippen molar-refractivity contribution in [2.24, 2.45) is 0 Å². The van der Waals surface area contributed by atoms with Crippen LogP contribution in [0.3, 0.4) is 0 Å². The van der Waals surface area contributed by atoms with Crippen LogP contribution in [-0.2, 0) is 11.3 Å². The number of halogens is 1. The average Bonchev–Trinajstić information content (AvgIpc) is 3.33. The number of nitrogens with zero attached hydrogens (tertiary/aromatic N) is 3. The summed E-state index contributed by atoms with van der Waals surface area (Å²) in [5.74, 6) is 0.406. The van der Waals surface area contributed by atoms with Gasteiger partial charge < -0.3 is 9.64 Å². The second-order valence-electron chi connectivity index (χ2n) is 8.96. The summed E-state index contributed by atoms with van der Waals surface area (Å²) in [6, 6.07) is 20.6. The second kappa shape index (κ2) is 11.0. The van der Waals surface area contributed by atoms with Gasteiger partial charge in [-0.2, -0.15) is 0 Å². The first kappa shape index (κ1) is 24.2. The predicted molar refractivity (Wildman–Crippen MR) is 138 cm³/mol. The zero-order valence-electron chi connectivity index (χ0n) is 20.1. The first-order chi connectivity index (χ1) is 16.5. The Balaban J connectivity index is 1.44. The van der Waals surface area contributed by atoms with Crippen LogP contribution in [0.15, 0.2) is 66.9 Å². The van der Waals surface area contributed by atoms with E-state index < -0.39 is 0 Å². The lowest BCUT2D eigenvalue weighted by Crippen LogP contribution is -2.37. The molecular weight excluding hydrogens is 446 g/mol. The van der Waals surface area contributed by atoms with Gasteiger partial charge >= 0.3 is 5.97 Å². The van der Waals surface area contributed by atoms with Crippen molar-refractivity contribution in [2.75, 3.05) is 24.5 Å². The van der Waals surface area contributed by atoms with Crippen LogP contribution in [0, 0.1) is 0 Å². The lowest BCUT2D eigenvalue weighted by Gasteiger charge is -2.28. The van der Waals surface area contributed by atoms with Gasteiger partial charge in [-0.25, -0.2) is 9.78 Å². The quantitative estimate of drug-likeness (QED) is 0.368. The van der Waals surface area contributed by atoms with Gasteiger partial charge in [-0.3, -0.25) is 4.90 Å². The average molecular weight is 478 g/mol. The molecule has 2 aromatic carbocycles. The second-order valence-corrected chi connectivity index (χ2v) is 9.36. The monoisotopic (exact) mass is 477 g/mol. The summed E-state index contributed by atoms with van der Waals surface area (Å²) in [5, 5.41) is 0.766. The molecule has 2 heterocycles. The van der Waals surface area contributed by atoms with Crippen LogP contribution in [0.25, 0.3) is 11.1 Å². The maximum absolute atomic E-state index is 12.6. The summed E-state index contributed by atoms with van der Waals surface area (Å²) < 4.78 is 5.44. The number of benzene rings is 2. The number of hydrogen-bond acceptors (Lipinski definition) is 5. The number of pyridine rings is 1. The Bertz CT molecular complexity index is 1120.